The van der Waals surface area contributed by atoms with E-state index in [0.29, 0.717) is 12.2 Å². The molecule has 1 aromatic rings. The summed E-state index contributed by atoms with van der Waals surface area (Å²) in [5.41, 5.74) is 0.339. The summed E-state index contributed by atoms with van der Waals surface area (Å²) in [5, 5.41) is 8.73. The first-order valence-corrected chi connectivity index (χ1v) is 5.46. The second kappa shape index (κ2) is 5.47. The minimum atomic E-state index is -0.912. The van der Waals surface area contributed by atoms with E-state index in [4.69, 9.17) is 5.11 Å². The van der Waals surface area contributed by atoms with Gasteiger partial charge in [-0.05, 0) is 13.8 Å². The lowest BCUT2D eigenvalue weighted by molar-refractivity contribution is -0.138. The molecule has 1 rings (SSSR count). The Morgan fingerprint density at radius 2 is 2.24 bits per heavy atom. The van der Waals surface area contributed by atoms with Crippen molar-refractivity contribution in [2.75, 3.05) is 6.54 Å². The highest BCUT2D eigenvalue weighted by Crippen LogP contribution is 2.09. The predicted octanol–water partition coefficient (Wildman–Crippen LogP) is 0.745. The molecule has 0 saturated heterocycles. The summed E-state index contributed by atoms with van der Waals surface area (Å²) in [7, 11) is 1.78. The molecule has 6 nitrogen and oxygen atoms in total. The molecule has 1 amide bonds. The standard InChI is InChI=1S/C11H17N3O3/c1-4-14(8(2)5-10(15)16)11(17)9-6-13(3)7-12-9/h6-8H,4-5H2,1-3H3,(H,15,16). The molecule has 0 aromatic carbocycles. The molecule has 1 atom stereocenters. The summed E-state index contributed by atoms with van der Waals surface area (Å²) in [5.74, 6) is -1.15. The van der Waals surface area contributed by atoms with Crippen molar-refractivity contribution in [3.63, 3.8) is 0 Å². The van der Waals surface area contributed by atoms with Crippen molar-refractivity contribution in [2.45, 2.75) is 26.3 Å². The lowest BCUT2D eigenvalue weighted by atomic mass is 10.2. The molecule has 0 saturated carbocycles. The third-order valence-electron chi connectivity index (χ3n) is 2.53. The highest BCUT2D eigenvalue weighted by molar-refractivity contribution is 5.92. The van der Waals surface area contributed by atoms with Gasteiger partial charge < -0.3 is 14.6 Å². The number of aryl methyl sites for hydroxylation is 1. The van der Waals surface area contributed by atoms with Crippen molar-refractivity contribution < 1.29 is 14.7 Å². The second-order valence-corrected chi connectivity index (χ2v) is 3.96. The smallest absolute Gasteiger partial charge is 0.305 e. The van der Waals surface area contributed by atoms with Gasteiger partial charge in [-0.1, -0.05) is 0 Å². The monoisotopic (exact) mass is 239 g/mol. The maximum absolute atomic E-state index is 12.1. The minimum Gasteiger partial charge on any atom is -0.481 e. The van der Waals surface area contributed by atoms with Gasteiger partial charge in [0.2, 0.25) is 0 Å². The van der Waals surface area contributed by atoms with E-state index in [2.05, 4.69) is 4.98 Å². The molecule has 6 heteroatoms. The molecular weight excluding hydrogens is 222 g/mol. The van der Waals surface area contributed by atoms with Gasteiger partial charge in [-0.3, -0.25) is 9.59 Å². The molecule has 0 radical (unpaired) electrons. The Hall–Kier alpha value is -1.85. The van der Waals surface area contributed by atoms with Gasteiger partial charge in [-0.2, -0.15) is 0 Å². The average molecular weight is 239 g/mol. The quantitative estimate of drug-likeness (QED) is 0.822. The van der Waals surface area contributed by atoms with Crippen LogP contribution in [-0.4, -0.2) is 44.0 Å². The van der Waals surface area contributed by atoms with Crippen molar-refractivity contribution >= 4 is 11.9 Å². The van der Waals surface area contributed by atoms with Crippen molar-refractivity contribution in [1.82, 2.24) is 14.5 Å². The number of nitrogens with zero attached hydrogens (tertiary/aromatic N) is 3. The van der Waals surface area contributed by atoms with Crippen molar-refractivity contribution in [1.29, 1.82) is 0 Å². The lowest BCUT2D eigenvalue weighted by Gasteiger charge is -2.26. The molecule has 0 spiro atoms. The van der Waals surface area contributed by atoms with Crippen LogP contribution >= 0.6 is 0 Å². The molecule has 1 unspecified atom stereocenters. The zero-order chi connectivity index (χ0) is 13.0. The van der Waals surface area contributed by atoms with Gasteiger partial charge in [0, 0.05) is 25.8 Å². The van der Waals surface area contributed by atoms with Crippen LogP contribution in [0.3, 0.4) is 0 Å². The molecule has 94 valence electrons. The van der Waals surface area contributed by atoms with Crippen LogP contribution in [0.5, 0.6) is 0 Å². The Labute approximate surface area is 99.9 Å². The van der Waals surface area contributed by atoms with Crippen LogP contribution in [0.25, 0.3) is 0 Å². The Morgan fingerprint density at radius 3 is 2.65 bits per heavy atom. The highest BCUT2D eigenvalue weighted by Gasteiger charge is 2.23. The minimum absolute atomic E-state index is 0.0631. The first-order chi connectivity index (χ1) is 7.95. The molecule has 1 N–H and O–H groups in total. The maximum atomic E-state index is 12.1. The highest BCUT2D eigenvalue weighted by atomic mass is 16.4. The topological polar surface area (TPSA) is 75.4 Å². The van der Waals surface area contributed by atoms with E-state index in [1.165, 1.54) is 4.90 Å². The second-order valence-electron chi connectivity index (χ2n) is 3.96. The van der Waals surface area contributed by atoms with Gasteiger partial charge in [0.25, 0.3) is 5.91 Å². The molecule has 0 bridgehead atoms. The van der Waals surface area contributed by atoms with Crippen LogP contribution in [0.4, 0.5) is 0 Å². The average Bonchev–Trinajstić information content (AvgIpc) is 2.64. The summed E-state index contributed by atoms with van der Waals surface area (Å²) >= 11 is 0. The largest absolute Gasteiger partial charge is 0.481 e. The number of carboxylic acid groups (broad SMARTS) is 1. The van der Waals surface area contributed by atoms with Crippen molar-refractivity contribution in [2.24, 2.45) is 7.05 Å². The number of carbonyl (C=O) groups is 2. The fourth-order valence-corrected chi connectivity index (χ4v) is 1.69. The number of hydrogen-bond donors (Lipinski definition) is 1. The van der Waals surface area contributed by atoms with Gasteiger partial charge >= 0.3 is 5.97 Å². The molecular formula is C11H17N3O3. The normalized spacial score (nSPS) is 12.2. The molecule has 0 aliphatic rings. The molecule has 0 aliphatic heterocycles. The fourth-order valence-electron chi connectivity index (χ4n) is 1.69. The Bertz CT molecular complexity index is 414. The van der Waals surface area contributed by atoms with Gasteiger partial charge in [0.05, 0.1) is 12.7 Å². The van der Waals surface area contributed by atoms with Crippen LogP contribution in [0.2, 0.25) is 0 Å². The van der Waals surface area contributed by atoms with E-state index < -0.39 is 5.97 Å². The number of aromatic nitrogens is 2. The Kier molecular flexibility index (Phi) is 4.25. The predicted molar refractivity (Wildman–Crippen MR) is 61.6 cm³/mol. The van der Waals surface area contributed by atoms with Crippen LogP contribution in [0.15, 0.2) is 12.5 Å². The summed E-state index contributed by atoms with van der Waals surface area (Å²) < 4.78 is 1.68. The van der Waals surface area contributed by atoms with Crippen LogP contribution < -0.4 is 0 Å². The molecule has 0 aliphatic carbocycles. The number of hydrogen-bond acceptors (Lipinski definition) is 3. The number of amides is 1. The molecule has 1 heterocycles. The third kappa shape index (κ3) is 3.30. The Balaban J connectivity index is 2.80. The SMILES string of the molecule is CCN(C(=O)c1cn(C)cn1)C(C)CC(=O)O. The van der Waals surface area contributed by atoms with Gasteiger partial charge in [-0.25, -0.2) is 4.98 Å². The number of imidazole rings is 1. The van der Waals surface area contributed by atoms with Gasteiger partial charge in [0.1, 0.15) is 5.69 Å². The van der Waals surface area contributed by atoms with E-state index >= 15 is 0 Å². The first-order valence-electron chi connectivity index (χ1n) is 5.46. The summed E-state index contributed by atoms with van der Waals surface area (Å²) in [6.07, 6.45) is 3.10. The maximum Gasteiger partial charge on any atom is 0.305 e. The van der Waals surface area contributed by atoms with Gasteiger partial charge in [-0.15, -0.1) is 0 Å². The zero-order valence-corrected chi connectivity index (χ0v) is 10.3. The zero-order valence-electron chi connectivity index (χ0n) is 10.3. The number of carbonyl (C=O) groups excluding carboxylic acids is 1. The van der Waals surface area contributed by atoms with E-state index in [1.807, 2.05) is 6.92 Å². The Morgan fingerprint density at radius 1 is 1.59 bits per heavy atom. The molecule has 1 aromatic heterocycles. The van der Waals surface area contributed by atoms with Gasteiger partial charge in [0.15, 0.2) is 0 Å². The van der Waals surface area contributed by atoms with E-state index in [0.717, 1.165) is 0 Å². The summed E-state index contributed by atoms with van der Waals surface area (Å²) in [6, 6.07) is -0.341. The number of carboxylic acids is 1. The summed E-state index contributed by atoms with van der Waals surface area (Å²) in [4.78, 5) is 28.2. The van der Waals surface area contributed by atoms with Crippen LogP contribution in [0.1, 0.15) is 30.8 Å². The van der Waals surface area contributed by atoms with Crippen LogP contribution in [-0.2, 0) is 11.8 Å². The molecule has 17 heavy (non-hydrogen) atoms. The molecule has 0 fully saturated rings. The van der Waals surface area contributed by atoms with Crippen molar-refractivity contribution in [3.05, 3.63) is 18.2 Å². The van der Waals surface area contributed by atoms with Crippen molar-refractivity contribution in [3.8, 4) is 0 Å². The first kappa shape index (κ1) is 13.2. The van der Waals surface area contributed by atoms with E-state index in [1.54, 1.807) is 31.1 Å². The van der Waals surface area contributed by atoms with Crippen LogP contribution in [0, 0.1) is 0 Å². The van der Waals surface area contributed by atoms with E-state index in [-0.39, 0.29) is 18.4 Å². The number of aliphatic carboxylic acids is 1. The number of rotatable bonds is 5. The lowest BCUT2D eigenvalue weighted by Crippen LogP contribution is -2.39. The fraction of sp³-hybridized carbons (Fsp3) is 0.545. The van der Waals surface area contributed by atoms with E-state index in [9.17, 15) is 9.59 Å². The summed E-state index contributed by atoms with van der Waals surface area (Å²) in [6.45, 7) is 4.00. The third-order valence-corrected chi connectivity index (χ3v) is 2.53.